The van der Waals surface area contributed by atoms with E-state index < -0.39 is 0 Å². The van der Waals surface area contributed by atoms with Gasteiger partial charge in [0.2, 0.25) is 0 Å². The molecule has 4 rings (SSSR count). The van der Waals surface area contributed by atoms with Gasteiger partial charge in [0.1, 0.15) is 5.75 Å². The van der Waals surface area contributed by atoms with Crippen molar-refractivity contribution in [3.05, 3.63) is 103 Å². The van der Waals surface area contributed by atoms with Gasteiger partial charge in [-0.3, -0.25) is 4.79 Å². The number of hydrogen-bond donors (Lipinski definition) is 0. The van der Waals surface area contributed by atoms with Crippen molar-refractivity contribution >= 4 is 11.6 Å². The number of carbonyl (C=O) groups is 1. The number of amides is 1. The summed E-state index contributed by atoms with van der Waals surface area (Å²) in [5, 5.41) is 4.20. The predicted molar refractivity (Wildman–Crippen MR) is 109 cm³/mol. The van der Waals surface area contributed by atoms with Crippen molar-refractivity contribution in [3.63, 3.8) is 0 Å². The van der Waals surface area contributed by atoms with E-state index in [4.69, 9.17) is 4.74 Å². The lowest BCUT2D eigenvalue weighted by atomic mass is 10.1. The number of rotatable bonds is 5. The van der Waals surface area contributed by atoms with E-state index in [0.29, 0.717) is 17.0 Å². The summed E-state index contributed by atoms with van der Waals surface area (Å²) in [5.74, 6) is 1.23. The molecule has 0 saturated heterocycles. The first-order valence-electron chi connectivity index (χ1n) is 8.92. The van der Waals surface area contributed by atoms with Gasteiger partial charge in [0, 0.05) is 25.0 Å². The Morgan fingerprint density at radius 2 is 1.61 bits per heavy atom. The molecule has 0 bridgehead atoms. The molecular formula is C23H19N3O2. The average molecular weight is 369 g/mol. The highest BCUT2D eigenvalue weighted by atomic mass is 16.5. The molecule has 5 heteroatoms. The van der Waals surface area contributed by atoms with Crippen LogP contribution in [0.2, 0.25) is 0 Å². The van der Waals surface area contributed by atoms with Crippen LogP contribution in [0, 0.1) is 0 Å². The molecule has 0 aliphatic heterocycles. The molecule has 0 N–H and O–H groups in total. The predicted octanol–water partition coefficient (Wildman–Crippen LogP) is 4.94. The number of carbonyl (C=O) groups excluding carboxylic acids is 1. The molecule has 0 fully saturated rings. The second-order valence-electron chi connectivity index (χ2n) is 6.24. The number of anilines is 1. The molecule has 3 aromatic carbocycles. The number of para-hydroxylation sites is 3. The topological polar surface area (TPSA) is 47.4 Å². The fourth-order valence-electron chi connectivity index (χ4n) is 2.92. The Morgan fingerprint density at radius 1 is 0.893 bits per heavy atom. The highest BCUT2D eigenvalue weighted by Gasteiger charge is 2.17. The van der Waals surface area contributed by atoms with Crippen LogP contribution in [0.15, 0.2) is 97.3 Å². The van der Waals surface area contributed by atoms with Gasteiger partial charge >= 0.3 is 0 Å². The quantitative estimate of drug-likeness (QED) is 0.500. The van der Waals surface area contributed by atoms with Crippen LogP contribution in [-0.4, -0.2) is 22.7 Å². The van der Waals surface area contributed by atoms with Gasteiger partial charge in [-0.05, 0) is 54.6 Å². The van der Waals surface area contributed by atoms with Gasteiger partial charge in [0.05, 0.1) is 11.4 Å². The lowest BCUT2D eigenvalue weighted by Crippen LogP contribution is -2.26. The normalized spacial score (nSPS) is 10.5. The summed E-state index contributed by atoms with van der Waals surface area (Å²) in [6, 6.07) is 26.2. The Labute approximate surface area is 163 Å². The fourth-order valence-corrected chi connectivity index (χ4v) is 2.92. The van der Waals surface area contributed by atoms with E-state index >= 15 is 0 Å². The highest BCUT2D eigenvalue weighted by Crippen LogP contribution is 2.32. The zero-order chi connectivity index (χ0) is 19.3. The molecule has 0 saturated carbocycles. The van der Waals surface area contributed by atoms with Crippen LogP contribution >= 0.6 is 0 Å². The molecule has 0 unspecified atom stereocenters. The monoisotopic (exact) mass is 369 g/mol. The van der Waals surface area contributed by atoms with E-state index in [1.54, 1.807) is 35.0 Å². The largest absolute Gasteiger partial charge is 0.455 e. The molecule has 1 aromatic heterocycles. The number of benzene rings is 3. The van der Waals surface area contributed by atoms with E-state index in [9.17, 15) is 4.79 Å². The minimum absolute atomic E-state index is 0.115. The second kappa shape index (κ2) is 7.80. The summed E-state index contributed by atoms with van der Waals surface area (Å²) < 4.78 is 7.73. The Balaban J connectivity index is 1.57. The summed E-state index contributed by atoms with van der Waals surface area (Å²) in [4.78, 5) is 14.6. The molecule has 0 radical (unpaired) electrons. The van der Waals surface area contributed by atoms with Crippen molar-refractivity contribution in [2.24, 2.45) is 0 Å². The van der Waals surface area contributed by atoms with E-state index in [1.807, 2.05) is 79.0 Å². The van der Waals surface area contributed by atoms with Gasteiger partial charge in [-0.1, -0.05) is 30.3 Å². The summed E-state index contributed by atoms with van der Waals surface area (Å²) in [7, 11) is 1.75. The molecule has 4 aromatic rings. The molecule has 0 aliphatic carbocycles. The SMILES string of the molecule is CN(C(=O)c1ccc(-n2cccn2)cc1)c1ccccc1Oc1ccccc1. The third-order valence-electron chi connectivity index (χ3n) is 4.39. The highest BCUT2D eigenvalue weighted by molar-refractivity contribution is 6.06. The third kappa shape index (κ3) is 3.64. The van der Waals surface area contributed by atoms with Gasteiger partial charge in [0.25, 0.3) is 5.91 Å². The molecule has 0 spiro atoms. The van der Waals surface area contributed by atoms with E-state index in [1.165, 1.54) is 0 Å². The maximum atomic E-state index is 13.0. The summed E-state index contributed by atoms with van der Waals surface area (Å²) >= 11 is 0. The zero-order valence-electron chi connectivity index (χ0n) is 15.4. The van der Waals surface area contributed by atoms with E-state index in [2.05, 4.69) is 5.10 Å². The van der Waals surface area contributed by atoms with Crippen molar-refractivity contribution < 1.29 is 9.53 Å². The molecule has 0 atom stereocenters. The lowest BCUT2D eigenvalue weighted by Gasteiger charge is -2.21. The summed E-state index contributed by atoms with van der Waals surface area (Å²) in [6.07, 6.45) is 3.58. The van der Waals surface area contributed by atoms with Crippen molar-refractivity contribution in [1.29, 1.82) is 0 Å². The molecule has 28 heavy (non-hydrogen) atoms. The molecular weight excluding hydrogens is 350 g/mol. The van der Waals surface area contributed by atoms with Gasteiger partial charge in [-0.25, -0.2) is 4.68 Å². The second-order valence-corrected chi connectivity index (χ2v) is 6.24. The van der Waals surface area contributed by atoms with Crippen LogP contribution in [0.1, 0.15) is 10.4 Å². The number of aromatic nitrogens is 2. The van der Waals surface area contributed by atoms with Gasteiger partial charge in [-0.2, -0.15) is 5.10 Å². The van der Waals surface area contributed by atoms with Gasteiger partial charge < -0.3 is 9.64 Å². The standard InChI is InChI=1S/C23H19N3O2/c1-25(21-10-5-6-11-22(21)28-20-8-3-2-4-9-20)23(27)18-12-14-19(15-13-18)26-17-7-16-24-26/h2-17H,1H3. The number of hydrogen-bond acceptors (Lipinski definition) is 3. The van der Waals surface area contributed by atoms with Crippen LogP contribution < -0.4 is 9.64 Å². The Kier molecular flexibility index (Phi) is 4.89. The summed E-state index contributed by atoms with van der Waals surface area (Å²) in [6.45, 7) is 0. The zero-order valence-corrected chi connectivity index (χ0v) is 15.4. The van der Waals surface area contributed by atoms with Crippen LogP contribution in [0.5, 0.6) is 11.5 Å². The third-order valence-corrected chi connectivity index (χ3v) is 4.39. The van der Waals surface area contributed by atoms with E-state index in [-0.39, 0.29) is 5.91 Å². The Hall–Kier alpha value is -3.86. The first-order valence-corrected chi connectivity index (χ1v) is 8.92. The van der Waals surface area contributed by atoms with Gasteiger partial charge in [-0.15, -0.1) is 0 Å². The van der Waals surface area contributed by atoms with Crippen molar-refractivity contribution in [2.45, 2.75) is 0 Å². The maximum absolute atomic E-state index is 13.0. The van der Waals surface area contributed by atoms with Crippen LogP contribution in [-0.2, 0) is 0 Å². The lowest BCUT2D eigenvalue weighted by molar-refractivity contribution is 0.0992. The first-order chi connectivity index (χ1) is 13.7. The van der Waals surface area contributed by atoms with Gasteiger partial charge in [0.15, 0.2) is 5.75 Å². The smallest absolute Gasteiger partial charge is 0.258 e. The molecule has 0 aliphatic rings. The summed E-state index contributed by atoms with van der Waals surface area (Å²) in [5.41, 5.74) is 2.19. The van der Waals surface area contributed by atoms with Crippen LogP contribution in [0.4, 0.5) is 5.69 Å². The van der Waals surface area contributed by atoms with Crippen molar-refractivity contribution in [1.82, 2.24) is 9.78 Å². The Bertz CT molecular complexity index is 1060. The average Bonchev–Trinajstić information content (AvgIpc) is 3.29. The van der Waals surface area contributed by atoms with E-state index in [0.717, 1.165) is 11.4 Å². The maximum Gasteiger partial charge on any atom is 0.258 e. The Morgan fingerprint density at radius 3 is 2.32 bits per heavy atom. The fraction of sp³-hybridized carbons (Fsp3) is 0.0435. The minimum atomic E-state index is -0.115. The number of ether oxygens (including phenoxy) is 1. The molecule has 138 valence electrons. The first kappa shape index (κ1) is 17.5. The molecule has 1 amide bonds. The minimum Gasteiger partial charge on any atom is -0.455 e. The molecule has 5 nitrogen and oxygen atoms in total. The van der Waals surface area contributed by atoms with Crippen molar-refractivity contribution in [2.75, 3.05) is 11.9 Å². The van der Waals surface area contributed by atoms with Crippen molar-refractivity contribution in [3.8, 4) is 17.2 Å². The molecule has 1 heterocycles. The van der Waals surface area contributed by atoms with Crippen LogP contribution in [0.25, 0.3) is 5.69 Å². The van der Waals surface area contributed by atoms with Crippen LogP contribution in [0.3, 0.4) is 0 Å². The number of nitrogens with zero attached hydrogens (tertiary/aromatic N) is 3.